The second-order valence-corrected chi connectivity index (χ2v) is 18.0. The largest absolute Gasteiger partial charge is 0.309 e. The van der Waals surface area contributed by atoms with Gasteiger partial charge >= 0.3 is 0 Å². The van der Waals surface area contributed by atoms with Gasteiger partial charge in [0.05, 0.1) is 38.6 Å². The van der Waals surface area contributed by atoms with Crippen LogP contribution in [-0.4, -0.2) is 13.5 Å². The van der Waals surface area contributed by atoms with Gasteiger partial charge in [-0.25, -0.2) is 0 Å². The fourth-order valence-electron chi connectivity index (χ4n) is 11.3. The standard InChI is InChI=1S/C61H41N3/c1-61(33-13-14-42(38-61)41-27-30-56-50(36-41)47-20-9-10-23-54(47)62(56)44-15-4-2-5-16-44)43-28-32-58-53(37-43)52-35-40(25-29-57(52)63(58)45-17-6-3-7-18-45)39-26-31-59-51(34-39)49-22-12-21-48-46-19-8-11-24-55(46)64(59)60(48)49/h2-37H,38H2,1H3. The third-order valence-electron chi connectivity index (χ3n) is 14.4. The molecule has 64 heavy (non-hydrogen) atoms. The lowest BCUT2D eigenvalue weighted by atomic mass is 9.73. The van der Waals surface area contributed by atoms with Crippen LogP contribution in [0.3, 0.4) is 0 Å². The molecule has 0 radical (unpaired) electrons. The van der Waals surface area contributed by atoms with E-state index in [1.54, 1.807) is 0 Å². The molecule has 14 rings (SSSR count). The van der Waals surface area contributed by atoms with Crippen molar-refractivity contribution in [3.8, 4) is 22.5 Å². The smallest absolute Gasteiger partial charge is 0.0620 e. The van der Waals surface area contributed by atoms with E-state index in [4.69, 9.17) is 0 Å². The van der Waals surface area contributed by atoms with Crippen molar-refractivity contribution in [2.24, 2.45) is 0 Å². The van der Waals surface area contributed by atoms with Crippen molar-refractivity contribution in [1.82, 2.24) is 13.5 Å². The van der Waals surface area contributed by atoms with Gasteiger partial charge in [-0.2, -0.15) is 0 Å². The van der Waals surface area contributed by atoms with Crippen molar-refractivity contribution in [2.75, 3.05) is 0 Å². The molecule has 3 heteroatoms. The van der Waals surface area contributed by atoms with E-state index in [0.717, 1.165) is 6.42 Å². The van der Waals surface area contributed by atoms with Gasteiger partial charge in [0.25, 0.3) is 0 Å². The average Bonchev–Trinajstić information content (AvgIpc) is 4.08. The summed E-state index contributed by atoms with van der Waals surface area (Å²) in [4.78, 5) is 0. The lowest BCUT2D eigenvalue weighted by Crippen LogP contribution is -2.21. The first-order valence-electron chi connectivity index (χ1n) is 22.4. The zero-order valence-corrected chi connectivity index (χ0v) is 35.3. The lowest BCUT2D eigenvalue weighted by molar-refractivity contribution is 0.610. The van der Waals surface area contributed by atoms with Gasteiger partial charge in [0.15, 0.2) is 0 Å². The monoisotopic (exact) mass is 815 g/mol. The average molecular weight is 816 g/mol. The first-order valence-corrected chi connectivity index (χ1v) is 22.4. The van der Waals surface area contributed by atoms with E-state index in [2.05, 4.69) is 239 Å². The van der Waals surface area contributed by atoms with Crippen LogP contribution in [0.15, 0.2) is 218 Å². The third kappa shape index (κ3) is 4.98. The Morgan fingerprint density at radius 1 is 0.375 bits per heavy atom. The molecule has 1 aliphatic carbocycles. The summed E-state index contributed by atoms with van der Waals surface area (Å²) in [5.41, 5.74) is 17.3. The molecule has 0 aliphatic heterocycles. The van der Waals surface area contributed by atoms with Crippen LogP contribution in [0.25, 0.3) is 110 Å². The number of benzene rings is 9. The minimum atomic E-state index is -0.203. The molecular formula is C61H41N3. The number of aromatic nitrogens is 3. The fraction of sp³-hybridized carbons (Fsp3) is 0.0492. The number of rotatable bonds is 5. The highest BCUT2D eigenvalue weighted by molar-refractivity contribution is 6.23. The number of para-hydroxylation sites is 5. The summed E-state index contributed by atoms with van der Waals surface area (Å²) in [5.74, 6) is 0. The molecule has 4 aromatic heterocycles. The van der Waals surface area contributed by atoms with Gasteiger partial charge in [-0.15, -0.1) is 0 Å². The SMILES string of the molecule is CC1(c2ccc3c(c2)c2cc(-c4ccc5c(c4)c4cccc6c7ccccc7n5c64)ccc2n3-c2ccccc2)C=CC=C(c2ccc3c(c2)c2ccccc2n3-c2ccccc2)C1. The molecule has 1 aliphatic rings. The Labute approximate surface area is 370 Å². The van der Waals surface area contributed by atoms with E-state index in [0.29, 0.717) is 0 Å². The Morgan fingerprint density at radius 2 is 0.828 bits per heavy atom. The molecule has 0 saturated carbocycles. The molecular weight excluding hydrogens is 775 g/mol. The van der Waals surface area contributed by atoms with Crippen LogP contribution in [0.1, 0.15) is 24.5 Å². The quantitative estimate of drug-likeness (QED) is 0.164. The zero-order chi connectivity index (χ0) is 42.1. The molecule has 3 nitrogen and oxygen atoms in total. The molecule has 1 atom stereocenters. The van der Waals surface area contributed by atoms with Gasteiger partial charge in [-0.05, 0) is 119 Å². The predicted octanol–water partition coefficient (Wildman–Crippen LogP) is 16.0. The van der Waals surface area contributed by atoms with Crippen molar-refractivity contribution >= 4 is 87.3 Å². The number of fused-ring (bicyclic) bond motifs is 12. The number of allylic oxidation sites excluding steroid dienone is 4. The highest BCUT2D eigenvalue weighted by Gasteiger charge is 2.29. The minimum Gasteiger partial charge on any atom is -0.309 e. The molecule has 4 heterocycles. The van der Waals surface area contributed by atoms with Crippen LogP contribution in [0.2, 0.25) is 0 Å². The Bertz CT molecular complexity index is 4100. The van der Waals surface area contributed by atoms with Crippen molar-refractivity contribution in [3.05, 3.63) is 230 Å². The second-order valence-electron chi connectivity index (χ2n) is 18.0. The molecule has 0 fully saturated rings. The Hall–Kier alpha value is -8.14. The maximum atomic E-state index is 2.48. The molecule has 0 spiro atoms. The maximum Gasteiger partial charge on any atom is 0.0620 e. The highest BCUT2D eigenvalue weighted by atomic mass is 15.0. The summed E-state index contributed by atoms with van der Waals surface area (Å²) < 4.78 is 7.29. The van der Waals surface area contributed by atoms with Crippen LogP contribution in [-0.2, 0) is 5.41 Å². The van der Waals surface area contributed by atoms with Crippen LogP contribution < -0.4 is 0 Å². The zero-order valence-electron chi connectivity index (χ0n) is 35.3. The lowest BCUT2D eigenvalue weighted by Gasteiger charge is -2.31. The summed E-state index contributed by atoms with van der Waals surface area (Å²) in [6.07, 6.45) is 7.91. The Kier molecular flexibility index (Phi) is 7.30. The molecule has 0 saturated heterocycles. The minimum absolute atomic E-state index is 0.203. The number of hydrogen-bond donors (Lipinski definition) is 0. The molecule has 300 valence electrons. The van der Waals surface area contributed by atoms with Gasteiger partial charge in [0, 0.05) is 59.9 Å². The van der Waals surface area contributed by atoms with E-state index in [1.807, 2.05) is 0 Å². The summed E-state index contributed by atoms with van der Waals surface area (Å²) in [6.45, 7) is 2.41. The van der Waals surface area contributed by atoms with Gasteiger partial charge in [-0.1, -0.05) is 140 Å². The number of nitrogens with zero attached hydrogens (tertiary/aromatic N) is 3. The van der Waals surface area contributed by atoms with Crippen molar-refractivity contribution < 1.29 is 0 Å². The van der Waals surface area contributed by atoms with Gasteiger partial charge < -0.3 is 13.5 Å². The van der Waals surface area contributed by atoms with Crippen LogP contribution in [0, 0.1) is 0 Å². The van der Waals surface area contributed by atoms with Crippen LogP contribution in [0.4, 0.5) is 0 Å². The van der Waals surface area contributed by atoms with E-state index >= 15 is 0 Å². The Balaban J connectivity index is 0.890. The van der Waals surface area contributed by atoms with Crippen molar-refractivity contribution in [2.45, 2.75) is 18.8 Å². The highest BCUT2D eigenvalue weighted by Crippen LogP contribution is 2.45. The molecule has 0 N–H and O–H groups in total. The first-order chi connectivity index (χ1) is 31.6. The summed E-state index contributed by atoms with van der Waals surface area (Å²) in [7, 11) is 0. The van der Waals surface area contributed by atoms with E-state index in [-0.39, 0.29) is 5.41 Å². The van der Waals surface area contributed by atoms with E-state index in [9.17, 15) is 0 Å². The summed E-state index contributed by atoms with van der Waals surface area (Å²) in [5, 5.41) is 10.3. The molecule has 1 unspecified atom stereocenters. The molecule has 13 aromatic rings. The fourth-order valence-corrected chi connectivity index (χ4v) is 11.3. The first kappa shape index (κ1) is 35.5. The Morgan fingerprint density at radius 3 is 1.52 bits per heavy atom. The van der Waals surface area contributed by atoms with Crippen molar-refractivity contribution in [1.29, 1.82) is 0 Å². The van der Waals surface area contributed by atoms with Crippen LogP contribution in [0.5, 0.6) is 0 Å². The van der Waals surface area contributed by atoms with Gasteiger partial charge in [0.1, 0.15) is 0 Å². The molecule has 0 amide bonds. The molecule has 0 bridgehead atoms. The van der Waals surface area contributed by atoms with E-state index in [1.165, 1.54) is 121 Å². The third-order valence-corrected chi connectivity index (χ3v) is 14.4. The summed E-state index contributed by atoms with van der Waals surface area (Å²) in [6, 6.07) is 74.3. The van der Waals surface area contributed by atoms with Crippen LogP contribution >= 0.6 is 0 Å². The van der Waals surface area contributed by atoms with Crippen molar-refractivity contribution in [3.63, 3.8) is 0 Å². The van der Waals surface area contributed by atoms with Gasteiger partial charge in [-0.3, -0.25) is 0 Å². The summed E-state index contributed by atoms with van der Waals surface area (Å²) >= 11 is 0. The van der Waals surface area contributed by atoms with Gasteiger partial charge in [0.2, 0.25) is 0 Å². The maximum absolute atomic E-state index is 2.48. The predicted molar refractivity (Wildman–Crippen MR) is 271 cm³/mol. The molecule has 9 aromatic carbocycles. The topological polar surface area (TPSA) is 14.3 Å². The second kappa shape index (κ2) is 13.2. The normalized spacial score (nSPS) is 15.6. The number of hydrogen-bond acceptors (Lipinski definition) is 0. The van der Waals surface area contributed by atoms with E-state index < -0.39 is 0 Å².